The minimum atomic E-state index is -0.223. The molecule has 3 aromatic rings. The van der Waals surface area contributed by atoms with E-state index in [0.29, 0.717) is 13.1 Å². The number of hydrogen-bond acceptors (Lipinski definition) is 2. The second kappa shape index (κ2) is 10.9. The maximum atomic E-state index is 13.4. The lowest BCUT2D eigenvalue weighted by atomic mass is 10.1. The highest BCUT2D eigenvalue weighted by atomic mass is 127. The zero-order valence-corrected chi connectivity index (χ0v) is 19.3. The first-order valence-corrected chi connectivity index (χ1v) is 9.27. The fourth-order valence-electron chi connectivity index (χ4n) is 3.16. The number of halogens is 2. The standard InChI is InChI=1S/C22H26FN5.HI/c1-17-25-10-11-28(17)16-19-7-4-6-18(12-19)14-26-22(24-2)27(3)15-20-8-5-9-21(23)13-20;/h4-13H,14-16H2,1-3H3,(H,24,26);1H. The molecule has 0 aliphatic carbocycles. The number of rotatable bonds is 6. The molecule has 0 radical (unpaired) electrons. The molecule has 154 valence electrons. The van der Waals surface area contributed by atoms with Crippen LogP contribution in [0, 0.1) is 12.7 Å². The molecule has 0 aliphatic rings. The molecule has 7 heteroatoms. The SMILES string of the molecule is CN=C(NCc1cccc(Cn2ccnc2C)c1)N(C)Cc1cccc(F)c1.I. The molecule has 1 N–H and O–H groups in total. The summed E-state index contributed by atoms with van der Waals surface area (Å²) in [6, 6.07) is 15.1. The van der Waals surface area contributed by atoms with Crippen molar-refractivity contribution in [1.82, 2.24) is 19.8 Å². The van der Waals surface area contributed by atoms with Crippen LogP contribution in [0.5, 0.6) is 0 Å². The van der Waals surface area contributed by atoms with Crippen LogP contribution in [0.25, 0.3) is 0 Å². The predicted molar refractivity (Wildman–Crippen MR) is 126 cm³/mol. The molecular weight excluding hydrogens is 480 g/mol. The van der Waals surface area contributed by atoms with Crippen molar-refractivity contribution in [3.05, 3.63) is 89.3 Å². The van der Waals surface area contributed by atoms with Gasteiger partial charge < -0.3 is 14.8 Å². The largest absolute Gasteiger partial charge is 0.352 e. The number of guanidine groups is 1. The van der Waals surface area contributed by atoms with Crippen molar-refractivity contribution in [1.29, 1.82) is 0 Å². The van der Waals surface area contributed by atoms with E-state index < -0.39 is 0 Å². The van der Waals surface area contributed by atoms with Gasteiger partial charge in [0, 0.05) is 46.1 Å². The molecule has 0 saturated carbocycles. The molecule has 0 saturated heterocycles. The van der Waals surface area contributed by atoms with Crippen LogP contribution in [-0.4, -0.2) is 34.5 Å². The molecular formula is C22H27FIN5. The second-order valence-electron chi connectivity index (χ2n) is 6.81. The van der Waals surface area contributed by atoms with Crippen molar-refractivity contribution in [2.24, 2.45) is 4.99 Å². The van der Waals surface area contributed by atoms with E-state index in [1.807, 2.05) is 37.3 Å². The van der Waals surface area contributed by atoms with Crippen LogP contribution in [0.4, 0.5) is 4.39 Å². The van der Waals surface area contributed by atoms with Gasteiger partial charge in [-0.05, 0) is 35.7 Å². The summed E-state index contributed by atoms with van der Waals surface area (Å²) in [6.07, 6.45) is 3.81. The Morgan fingerprint density at radius 3 is 2.55 bits per heavy atom. The summed E-state index contributed by atoms with van der Waals surface area (Å²) in [5.41, 5.74) is 3.31. The summed E-state index contributed by atoms with van der Waals surface area (Å²) in [5.74, 6) is 1.54. The second-order valence-corrected chi connectivity index (χ2v) is 6.81. The highest BCUT2D eigenvalue weighted by Crippen LogP contribution is 2.10. The van der Waals surface area contributed by atoms with E-state index in [0.717, 1.165) is 23.9 Å². The highest BCUT2D eigenvalue weighted by Gasteiger charge is 2.08. The molecule has 2 aromatic carbocycles. The Morgan fingerprint density at radius 1 is 1.14 bits per heavy atom. The third-order valence-corrected chi connectivity index (χ3v) is 4.60. The lowest BCUT2D eigenvalue weighted by molar-refractivity contribution is 0.474. The third-order valence-electron chi connectivity index (χ3n) is 4.60. The van der Waals surface area contributed by atoms with Crippen LogP contribution in [0.3, 0.4) is 0 Å². The van der Waals surface area contributed by atoms with Gasteiger partial charge in [0.05, 0.1) is 0 Å². The Bertz CT molecular complexity index is 954. The lowest BCUT2D eigenvalue weighted by Gasteiger charge is -2.22. The van der Waals surface area contributed by atoms with E-state index >= 15 is 0 Å². The smallest absolute Gasteiger partial charge is 0.193 e. The summed E-state index contributed by atoms with van der Waals surface area (Å²) in [5, 5.41) is 3.38. The molecule has 0 aliphatic heterocycles. The summed E-state index contributed by atoms with van der Waals surface area (Å²) < 4.78 is 15.5. The van der Waals surface area contributed by atoms with Gasteiger partial charge in [-0.2, -0.15) is 0 Å². The average molecular weight is 507 g/mol. The lowest BCUT2D eigenvalue weighted by Crippen LogP contribution is -2.38. The summed E-state index contributed by atoms with van der Waals surface area (Å²) in [7, 11) is 3.70. The Kier molecular flexibility index (Phi) is 8.63. The molecule has 0 atom stereocenters. The maximum Gasteiger partial charge on any atom is 0.193 e. The fourth-order valence-corrected chi connectivity index (χ4v) is 3.16. The molecule has 0 bridgehead atoms. The molecule has 1 aromatic heterocycles. The number of nitrogens with one attached hydrogen (secondary N) is 1. The topological polar surface area (TPSA) is 45.5 Å². The molecule has 0 fully saturated rings. The van der Waals surface area contributed by atoms with E-state index in [-0.39, 0.29) is 29.8 Å². The van der Waals surface area contributed by atoms with Crippen molar-refractivity contribution in [3.63, 3.8) is 0 Å². The number of hydrogen-bond donors (Lipinski definition) is 1. The van der Waals surface area contributed by atoms with E-state index in [1.165, 1.54) is 17.2 Å². The summed E-state index contributed by atoms with van der Waals surface area (Å²) in [6.45, 7) is 4.05. The van der Waals surface area contributed by atoms with Crippen LogP contribution in [0.15, 0.2) is 65.9 Å². The van der Waals surface area contributed by atoms with Gasteiger partial charge in [0.25, 0.3) is 0 Å². The first-order chi connectivity index (χ1) is 13.5. The van der Waals surface area contributed by atoms with Gasteiger partial charge in [0.15, 0.2) is 5.96 Å². The summed E-state index contributed by atoms with van der Waals surface area (Å²) >= 11 is 0. The van der Waals surface area contributed by atoms with Gasteiger partial charge in [-0.1, -0.05) is 36.4 Å². The monoisotopic (exact) mass is 507 g/mol. The zero-order valence-electron chi connectivity index (χ0n) is 17.0. The van der Waals surface area contributed by atoms with Gasteiger partial charge in [0.1, 0.15) is 11.6 Å². The number of nitrogens with zero attached hydrogens (tertiary/aromatic N) is 4. The zero-order chi connectivity index (χ0) is 19.9. The van der Waals surface area contributed by atoms with Gasteiger partial charge in [0.2, 0.25) is 0 Å². The number of aryl methyl sites for hydroxylation is 1. The molecule has 5 nitrogen and oxygen atoms in total. The van der Waals surface area contributed by atoms with Crippen molar-refractivity contribution < 1.29 is 4.39 Å². The molecule has 0 unspecified atom stereocenters. The first-order valence-electron chi connectivity index (χ1n) is 9.27. The van der Waals surface area contributed by atoms with Crippen molar-refractivity contribution >= 4 is 29.9 Å². The van der Waals surface area contributed by atoms with Gasteiger partial charge in [-0.15, -0.1) is 24.0 Å². The number of aliphatic imine (C=N–C) groups is 1. The van der Waals surface area contributed by atoms with Crippen LogP contribution in [0.1, 0.15) is 22.5 Å². The minimum absolute atomic E-state index is 0. The van der Waals surface area contributed by atoms with Gasteiger partial charge in [-0.25, -0.2) is 9.37 Å². The Morgan fingerprint density at radius 2 is 1.86 bits per heavy atom. The first kappa shape index (κ1) is 22.9. The molecule has 0 amide bonds. The van der Waals surface area contributed by atoms with Crippen molar-refractivity contribution in [2.45, 2.75) is 26.6 Å². The quantitative estimate of drug-likeness (QED) is 0.309. The molecule has 29 heavy (non-hydrogen) atoms. The normalized spacial score (nSPS) is 11.1. The molecule has 1 heterocycles. The minimum Gasteiger partial charge on any atom is -0.352 e. The van der Waals surface area contributed by atoms with Crippen molar-refractivity contribution in [3.8, 4) is 0 Å². The Hall–Kier alpha value is -2.42. The predicted octanol–water partition coefficient (Wildman–Crippen LogP) is 4.20. The van der Waals surface area contributed by atoms with Crippen LogP contribution >= 0.6 is 24.0 Å². The third kappa shape index (κ3) is 6.56. The van der Waals surface area contributed by atoms with Crippen LogP contribution in [0.2, 0.25) is 0 Å². The van der Waals surface area contributed by atoms with Gasteiger partial charge >= 0.3 is 0 Å². The van der Waals surface area contributed by atoms with E-state index in [4.69, 9.17) is 0 Å². The summed E-state index contributed by atoms with van der Waals surface area (Å²) in [4.78, 5) is 10.6. The number of aromatic nitrogens is 2. The van der Waals surface area contributed by atoms with E-state index in [2.05, 4.69) is 44.1 Å². The van der Waals surface area contributed by atoms with Crippen LogP contribution in [-0.2, 0) is 19.6 Å². The van der Waals surface area contributed by atoms with Gasteiger partial charge in [-0.3, -0.25) is 4.99 Å². The highest BCUT2D eigenvalue weighted by molar-refractivity contribution is 14.0. The van der Waals surface area contributed by atoms with Crippen LogP contribution < -0.4 is 5.32 Å². The van der Waals surface area contributed by atoms with E-state index in [1.54, 1.807) is 19.2 Å². The Labute approximate surface area is 188 Å². The fraction of sp³-hybridized carbons (Fsp3) is 0.273. The molecule has 3 rings (SSSR count). The maximum absolute atomic E-state index is 13.4. The molecule has 0 spiro atoms. The Balaban J connectivity index is 0.00000300. The van der Waals surface area contributed by atoms with E-state index in [9.17, 15) is 4.39 Å². The van der Waals surface area contributed by atoms with Crippen molar-refractivity contribution in [2.75, 3.05) is 14.1 Å². The average Bonchev–Trinajstić information content (AvgIpc) is 3.07. The number of benzene rings is 2. The number of imidazole rings is 1.